The fourth-order valence-corrected chi connectivity index (χ4v) is 2.96. The van der Waals surface area contributed by atoms with E-state index in [4.69, 9.17) is 0 Å². The molecule has 0 aromatic carbocycles. The summed E-state index contributed by atoms with van der Waals surface area (Å²) in [6.45, 7) is 0.731. The van der Waals surface area contributed by atoms with Gasteiger partial charge in [0.1, 0.15) is 5.71 Å². The second-order valence-corrected chi connectivity index (χ2v) is 5.57. The van der Waals surface area contributed by atoms with Crippen LogP contribution in [0.25, 0.3) is 0 Å². The summed E-state index contributed by atoms with van der Waals surface area (Å²) in [5.74, 6) is -0.0996. The van der Waals surface area contributed by atoms with Crippen LogP contribution in [0, 0.1) is 0 Å². The van der Waals surface area contributed by atoms with Gasteiger partial charge in [-0.2, -0.15) is 10.2 Å². The van der Waals surface area contributed by atoms with E-state index in [0.717, 1.165) is 24.9 Å². The monoisotopic (exact) mass is 289 g/mol. The van der Waals surface area contributed by atoms with Gasteiger partial charge in [-0.1, -0.05) is 0 Å². The molecular formula is C14H19N5O2. The second kappa shape index (κ2) is 5.31. The van der Waals surface area contributed by atoms with Crippen molar-refractivity contribution in [3.8, 4) is 0 Å². The van der Waals surface area contributed by atoms with Crippen LogP contribution in [0.1, 0.15) is 37.3 Å². The molecule has 0 unspecified atom stereocenters. The normalized spacial score (nSPS) is 22.7. The summed E-state index contributed by atoms with van der Waals surface area (Å²) in [5, 5.41) is 9.58. The predicted octanol–water partition coefficient (Wildman–Crippen LogP) is 0.692. The first kappa shape index (κ1) is 13.8. The molecule has 1 saturated heterocycles. The Hall–Kier alpha value is -2.18. The summed E-state index contributed by atoms with van der Waals surface area (Å²) >= 11 is 0. The average Bonchev–Trinajstić information content (AvgIpc) is 3.09. The summed E-state index contributed by atoms with van der Waals surface area (Å²) in [4.78, 5) is 26.0. The van der Waals surface area contributed by atoms with Crippen LogP contribution in [0.3, 0.4) is 0 Å². The summed E-state index contributed by atoms with van der Waals surface area (Å²) in [6.07, 6.45) is 6.47. The Morgan fingerprint density at radius 1 is 1.33 bits per heavy atom. The number of hydrogen-bond donors (Lipinski definition) is 0. The van der Waals surface area contributed by atoms with E-state index in [9.17, 15) is 9.59 Å². The first-order valence-electron chi connectivity index (χ1n) is 7.20. The Labute approximate surface area is 123 Å². The third-order valence-corrected chi connectivity index (χ3v) is 4.08. The topological polar surface area (TPSA) is 70.8 Å². The van der Waals surface area contributed by atoms with Crippen LogP contribution >= 0.6 is 0 Å². The molecule has 1 aromatic rings. The van der Waals surface area contributed by atoms with Gasteiger partial charge in [-0.15, -0.1) is 0 Å². The van der Waals surface area contributed by atoms with Crippen molar-refractivity contribution >= 4 is 17.5 Å². The maximum atomic E-state index is 12.7. The van der Waals surface area contributed by atoms with Crippen molar-refractivity contribution in [3.05, 3.63) is 18.0 Å². The molecule has 1 aromatic heterocycles. The molecule has 2 aliphatic heterocycles. The molecule has 1 fully saturated rings. The molecule has 7 nitrogen and oxygen atoms in total. The molecule has 0 aliphatic carbocycles. The molecule has 2 aliphatic rings. The van der Waals surface area contributed by atoms with Gasteiger partial charge >= 0.3 is 0 Å². The van der Waals surface area contributed by atoms with Gasteiger partial charge in [0, 0.05) is 45.2 Å². The highest BCUT2D eigenvalue weighted by Crippen LogP contribution is 2.32. The zero-order valence-corrected chi connectivity index (χ0v) is 12.3. The fourth-order valence-electron chi connectivity index (χ4n) is 2.96. The smallest absolute Gasteiger partial charge is 0.270 e. The Kier molecular flexibility index (Phi) is 3.48. The van der Waals surface area contributed by atoms with E-state index in [-0.39, 0.29) is 17.9 Å². The molecule has 0 bridgehead atoms. The molecule has 21 heavy (non-hydrogen) atoms. The highest BCUT2D eigenvalue weighted by atomic mass is 16.2. The van der Waals surface area contributed by atoms with E-state index in [2.05, 4.69) is 10.2 Å². The molecular weight excluding hydrogens is 270 g/mol. The number of aryl methyl sites for hydroxylation is 1. The van der Waals surface area contributed by atoms with Crippen molar-refractivity contribution in [2.75, 3.05) is 13.6 Å². The second-order valence-electron chi connectivity index (χ2n) is 5.57. The van der Waals surface area contributed by atoms with E-state index in [1.807, 2.05) is 24.3 Å². The highest BCUT2D eigenvalue weighted by Gasteiger charge is 2.34. The number of nitrogens with zero attached hydrogens (tertiary/aromatic N) is 5. The number of hydrogen-bond acceptors (Lipinski definition) is 4. The van der Waals surface area contributed by atoms with Crippen LogP contribution in [-0.2, 0) is 16.6 Å². The fraction of sp³-hybridized carbons (Fsp3) is 0.571. The largest absolute Gasteiger partial charge is 0.330 e. The molecule has 112 valence electrons. The maximum Gasteiger partial charge on any atom is 0.270 e. The number of aromatic nitrogens is 2. The Balaban J connectivity index is 1.80. The van der Waals surface area contributed by atoms with Crippen LogP contribution < -0.4 is 0 Å². The molecule has 7 heteroatoms. The van der Waals surface area contributed by atoms with Crippen molar-refractivity contribution in [2.24, 2.45) is 12.1 Å². The van der Waals surface area contributed by atoms with E-state index in [1.165, 1.54) is 5.01 Å². The van der Waals surface area contributed by atoms with E-state index < -0.39 is 0 Å². The van der Waals surface area contributed by atoms with Gasteiger partial charge in [0.2, 0.25) is 5.91 Å². The third kappa shape index (κ3) is 2.55. The van der Waals surface area contributed by atoms with E-state index in [1.54, 1.807) is 11.7 Å². The predicted molar refractivity (Wildman–Crippen MR) is 76.3 cm³/mol. The molecule has 3 heterocycles. The van der Waals surface area contributed by atoms with Crippen molar-refractivity contribution < 1.29 is 9.59 Å². The van der Waals surface area contributed by atoms with Gasteiger partial charge in [0.05, 0.1) is 12.2 Å². The number of carbonyl (C=O) groups excluding carboxylic acids is 2. The van der Waals surface area contributed by atoms with Gasteiger partial charge < -0.3 is 4.90 Å². The summed E-state index contributed by atoms with van der Waals surface area (Å²) in [6, 6.07) is 0.0665. The zero-order chi connectivity index (χ0) is 15.0. The molecule has 0 spiro atoms. The SMILES string of the molecule is CN1N=C(C(=O)N2CCC[C@@H]2c2cnn(C)c2)CCC1=O. The number of likely N-dealkylation sites (tertiary alicyclic amines) is 1. The quantitative estimate of drug-likeness (QED) is 0.804. The van der Waals surface area contributed by atoms with Crippen LogP contribution in [0.5, 0.6) is 0 Å². The summed E-state index contributed by atoms with van der Waals surface area (Å²) in [5.41, 5.74) is 1.54. The molecule has 3 rings (SSSR count). The van der Waals surface area contributed by atoms with Gasteiger partial charge in [-0.3, -0.25) is 14.3 Å². The van der Waals surface area contributed by atoms with Gasteiger partial charge in [-0.05, 0) is 12.8 Å². The Morgan fingerprint density at radius 3 is 2.81 bits per heavy atom. The molecule has 0 N–H and O–H groups in total. The van der Waals surface area contributed by atoms with Crippen LogP contribution in [-0.4, -0.2) is 50.8 Å². The minimum Gasteiger partial charge on any atom is -0.330 e. The van der Waals surface area contributed by atoms with Crippen LogP contribution in [0.2, 0.25) is 0 Å². The lowest BCUT2D eigenvalue weighted by atomic mass is 10.1. The van der Waals surface area contributed by atoms with Gasteiger partial charge in [0.25, 0.3) is 5.91 Å². The first-order chi connectivity index (χ1) is 10.1. The van der Waals surface area contributed by atoms with Gasteiger partial charge in [0.15, 0.2) is 0 Å². The Morgan fingerprint density at radius 2 is 2.14 bits per heavy atom. The number of hydrazone groups is 1. The zero-order valence-electron chi connectivity index (χ0n) is 12.3. The lowest BCUT2D eigenvalue weighted by Crippen LogP contribution is -2.40. The van der Waals surface area contributed by atoms with Crippen molar-refractivity contribution in [3.63, 3.8) is 0 Å². The average molecular weight is 289 g/mol. The Bertz CT molecular complexity index is 606. The lowest BCUT2D eigenvalue weighted by molar-refractivity contribution is -0.130. The summed E-state index contributed by atoms with van der Waals surface area (Å²) < 4.78 is 1.75. The number of rotatable bonds is 2. The standard InChI is InChI=1S/C14H19N5O2/c1-17-9-10(8-15-17)12-4-3-7-19(12)14(21)11-5-6-13(20)18(2)16-11/h8-9,12H,3-7H2,1-2H3/t12-/m1/s1. The van der Waals surface area contributed by atoms with Crippen molar-refractivity contribution in [2.45, 2.75) is 31.7 Å². The van der Waals surface area contributed by atoms with Crippen molar-refractivity contribution in [1.29, 1.82) is 0 Å². The van der Waals surface area contributed by atoms with Crippen LogP contribution in [0.4, 0.5) is 0 Å². The van der Waals surface area contributed by atoms with Crippen LogP contribution in [0.15, 0.2) is 17.5 Å². The molecule has 0 radical (unpaired) electrons. The summed E-state index contributed by atoms with van der Waals surface area (Å²) in [7, 11) is 3.47. The number of amides is 2. The lowest BCUT2D eigenvalue weighted by Gasteiger charge is -2.27. The minimum atomic E-state index is -0.0549. The molecule has 0 saturated carbocycles. The minimum absolute atomic E-state index is 0.0446. The van der Waals surface area contributed by atoms with E-state index in [0.29, 0.717) is 18.6 Å². The third-order valence-electron chi connectivity index (χ3n) is 4.08. The van der Waals surface area contributed by atoms with Crippen molar-refractivity contribution in [1.82, 2.24) is 19.7 Å². The highest BCUT2D eigenvalue weighted by molar-refractivity contribution is 6.39. The number of carbonyl (C=O) groups is 2. The van der Waals surface area contributed by atoms with E-state index >= 15 is 0 Å². The first-order valence-corrected chi connectivity index (χ1v) is 7.20. The van der Waals surface area contributed by atoms with Gasteiger partial charge in [-0.25, -0.2) is 5.01 Å². The maximum absolute atomic E-state index is 12.7. The molecule has 1 atom stereocenters. The molecule has 2 amide bonds.